The number of rotatable bonds is 7. The number of aryl methyl sites for hydroxylation is 1. The number of allylic oxidation sites excluding steroid dienone is 2. The fourth-order valence-corrected chi connectivity index (χ4v) is 4.57. The summed E-state index contributed by atoms with van der Waals surface area (Å²) in [5.74, 6) is 1.17. The topological polar surface area (TPSA) is 99.0 Å². The van der Waals surface area contributed by atoms with Gasteiger partial charge in [0.2, 0.25) is 0 Å². The number of aromatic hydroxyl groups is 1. The minimum absolute atomic E-state index is 0.0983. The number of para-hydroxylation sites is 1. The summed E-state index contributed by atoms with van der Waals surface area (Å²) in [6, 6.07) is 12.6. The highest BCUT2D eigenvalue weighted by molar-refractivity contribution is 5.92. The Bertz CT molecular complexity index is 1320. The highest BCUT2D eigenvalue weighted by Gasteiger charge is 2.32. The first-order valence-corrected chi connectivity index (χ1v) is 12.6. The van der Waals surface area contributed by atoms with Gasteiger partial charge in [0, 0.05) is 25.0 Å². The van der Waals surface area contributed by atoms with Gasteiger partial charge in [0.25, 0.3) is 0 Å². The molecule has 37 heavy (non-hydrogen) atoms. The van der Waals surface area contributed by atoms with Gasteiger partial charge in [0.05, 0.1) is 23.7 Å². The van der Waals surface area contributed by atoms with Crippen molar-refractivity contribution in [1.29, 1.82) is 0 Å². The largest absolute Gasteiger partial charge is 0.507 e. The summed E-state index contributed by atoms with van der Waals surface area (Å²) >= 11 is 0. The lowest BCUT2D eigenvalue weighted by Crippen LogP contribution is -2.56. The molecule has 194 valence electrons. The van der Waals surface area contributed by atoms with E-state index in [1.54, 1.807) is 23.1 Å². The van der Waals surface area contributed by atoms with Crippen LogP contribution < -0.4 is 4.90 Å². The van der Waals surface area contributed by atoms with Crippen LogP contribution in [0, 0.1) is 6.92 Å². The highest BCUT2D eigenvalue weighted by atomic mass is 16.6. The van der Waals surface area contributed by atoms with E-state index in [2.05, 4.69) is 0 Å². The van der Waals surface area contributed by atoms with Crippen molar-refractivity contribution in [3.63, 3.8) is 0 Å². The molecule has 4 rings (SSSR count). The number of hydrogen-bond donors (Lipinski definition) is 2. The van der Waals surface area contributed by atoms with Crippen molar-refractivity contribution in [2.45, 2.75) is 33.2 Å². The molecule has 2 N–H and O–H groups in total. The van der Waals surface area contributed by atoms with Crippen molar-refractivity contribution in [3.8, 4) is 17.1 Å². The van der Waals surface area contributed by atoms with E-state index in [4.69, 9.17) is 14.7 Å². The van der Waals surface area contributed by atoms with E-state index in [0.29, 0.717) is 36.8 Å². The number of aromatic nitrogens is 2. The normalized spacial score (nSPS) is 16.5. The fourth-order valence-electron chi connectivity index (χ4n) is 4.57. The van der Waals surface area contributed by atoms with Crippen LogP contribution >= 0.6 is 0 Å². The molecule has 1 aliphatic rings. The first-order valence-electron chi connectivity index (χ1n) is 12.6. The Hall–Kier alpha value is -3.91. The van der Waals surface area contributed by atoms with E-state index < -0.39 is 6.09 Å². The molecule has 0 radical (unpaired) electrons. The van der Waals surface area contributed by atoms with Crippen LogP contribution in [0.25, 0.3) is 22.3 Å². The van der Waals surface area contributed by atoms with Crippen molar-refractivity contribution >= 4 is 22.8 Å². The number of phenolic OH excluding ortho intramolecular Hbond substituents is 1. The molecular formula is C29H34N4O4. The van der Waals surface area contributed by atoms with Gasteiger partial charge in [-0.05, 0) is 55.7 Å². The SMILES string of the molecule is C/C=C\C(=C/CC)COC(=O)N1CCN(c2nc(-c3ccccc3O)nc3cc(C)ccc23)C(CO)C1. The van der Waals surface area contributed by atoms with E-state index >= 15 is 0 Å². The van der Waals surface area contributed by atoms with Crippen LogP contribution in [-0.2, 0) is 4.74 Å². The monoisotopic (exact) mass is 502 g/mol. The molecule has 8 nitrogen and oxygen atoms in total. The molecule has 1 atom stereocenters. The van der Waals surface area contributed by atoms with Gasteiger partial charge < -0.3 is 24.7 Å². The number of benzene rings is 2. The fraction of sp³-hybridized carbons (Fsp3) is 0.345. The Morgan fingerprint density at radius 1 is 1.19 bits per heavy atom. The van der Waals surface area contributed by atoms with Crippen LogP contribution in [0.1, 0.15) is 25.8 Å². The predicted octanol–water partition coefficient (Wildman–Crippen LogP) is 4.84. The van der Waals surface area contributed by atoms with E-state index in [-0.39, 0.29) is 25.0 Å². The average molecular weight is 503 g/mol. The lowest BCUT2D eigenvalue weighted by Gasteiger charge is -2.41. The number of anilines is 1. The summed E-state index contributed by atoms with van der Waals surface area (Å²) in [6.45, 7) is 7.21. The number of piperazine rings is 1. The van der Waals surface area contributed by atoms with Gasteiger partial charge in [0.15, 0.2) is 5.82 Å². The molecule has 1 aromatic heterocycles. The second-order valence-electron chi connectivity index (χ2n) is 9.13. The van der Waals surface area contributed by atoms with Crippen molar-refractivity contribution in [1.82, 2.24) is 14.9 Å². The minimum atomic E-state index is -0.400. The number of carbonyl (C=O) groups excluding carboxylic acids is 1. The number of carbonyl (C=O) groups is 1. The summed E-state index contributed by atoms with van der Waals surface area (Å²) < 4.78 is 5.57. The zero-order chi connectivity index (χ0) is 26.4. The third-order valence-corrected chi connectivity index (χ3v) is 6.41. The van der Waals surface area contributed by atoms with Gasteiger partial charge >= 0.3 is 6.09 Å². The molecule has 1 aliphatic heterocycles. The van der Waals surface area contributed by atoms with E-state index in [9.17, 15) is 15.0 Å². The molecule has 3 aromatic rings. The number of aliphatic hydroxyl groups is 1. The molecule has 1 saturated heterocycles. The molecule has 0 aliphatic carbocycles. The van der Waals surface area contributed by atoms with E-state index in [0.717, 1.165) is 28.5 Å². The average Bonchev–Trinajstić information content (AvgIpc) is 2.91. The van der Waals surface area contributed by atoms with Gasteiger partial charge in [-0.25, -0.2) is 14.8 Å². The maximum atomic E-state index is 12.8. The predicted molar refractivity (Wildman–Crippen MR) is 146 cm³/mol. The van der Waals surface area contributed by atoms with Gasteiger partial charge in [-0.15, -0.1) is 0 Å². The van der Waals surface area contributed by atoms with Crippen LogP contribution in [0.5, 0.6) is 5.75 Å². The quantitative estimate of drug-likeness (QED) is 0.446. The second kappa shape index (κ2) is 11.9. The standard InChI is InChI=1S/C29H34N4O4/c1-4-8-21(9-5-2)19-37-29(36)32-14-15-33(22(17-32)18-34)28-23-13-12-20(3)16-25(23)30-27(31-28)24-10-6-7-11-26(24)35/h4,6-13,16,22,34-35H,5,14-15,17-19H2,1-3H3/b8-4-,21-9+. The molecule has 0 bridgehead atoms. The van der Waals surface area contributed by atoms with Crippen molar-refractivity contribution in [2.24, 2.45) is 0 Å². The molecule has 2 aromatic carbocycles. The third kappa shape index (κ3) is 5.91. The lowest BCUT2D eigenvalue weighted by molar-refractivity contribution is 0.0959. The molecule has 1 amide bonds. The molecule has 0 saturated carbocycles. The molecule has 2 heterocycles. The number of fused-ring (bicyclic) bond motifs is 1. The van der Waals surface area contributed by atoms with Crippen molar-refractivity contribution < 1.29 is 19.7 Å². The van der Waals surface area contributed by atoms with Crippen LogP contribution in [0.15, 0.2) is 66.3 Å². The van der Waals surface area contributed by atoms with E-state index in [1.807, 2.05) is 68.2 Å². The van der Waals surface area contributed by atoms with Gasteiger partial charge in [0.1, 0.15) is 18.2 Å². The van der Waals surface area contributed by atoms with Crippen molar-refractivity contribution in [3.05, 3.63) is 71.8 Å². The van der Waals surface area contributed by atoms with Gasteiger partial charge in [-0.2, -0.15) is 0 Å². The summed E-state index contributed by atoms with van der Waals surface area (Å²) in [5, 5.41) is 21.6. The first kappa shape index (κ1) is 26.2. The summed E-state index contributed by atoms with van der Waals surface area (Å²) in [4.78, 5) is 26.1. The summed E-state index contributed by atoms with van der Waals surface area (Å²) in [5.41, 5.74) is 3.30. The summed E-state index contributed by atoms with van der Waals surface area (Å²) in [6.07, 6.45) is 6.36. The van der Waals surface area contributed by atoms with Crippen LogP contribution in [0.3, 0.4) is 0 Å². The van der Waals surface area contributed by atoms with Crippen LogP contribution in [0.4, 0.5) is 10.6 Å². The Kier molecular flexibility index (Phi) is 8.40. The zero-order valence-electron chi connectivity index (χ0n) is 21.6. The number of hydrogen-bond acceptors (Lipinski definition) is 7. The molecule has 1 unspecified atom stereocenters. The Labute approximate surface area is 217 Å². The minimum Gasteiger partial charge on any atom is -0.507 e. The highest BCUT2D eigenvalue weighted by Crippen LogP contribution is 2.33. The Morgan fingerprint density at radius 2 is 2.00 bits per heavy atom. The number of nitrogens with zero attached hydrogens (tertiary/aromatic N) is 4. The number of aliphatic hydroxyl groups excluding tert-OH is 1. The molecule has 8 heteroatoms. The first-order chi connectivity index (χ1) is 17.9. The third-order valence-electron chi connectivity index (χ3n) is 6.41. The number of phenols is 1. The van der Waals surface area contributed by atoms with E-state index in [1.165, 1.54) is 0 Å². The van der Waals surface area contributed by atoms with Crippen molar-refractivity contribution in [2.75, 3.05) is 37.7 Å². The molecule has 1 fully saturated rings. The second-order valence-corrected chi connectivity index (χ2v) is 9.13. The number of amides is 1. The lowest BCUT2D eigenvalue weighted by atomic mass is 10.1. The molecular weight excluding hydrogens is 468 g/mol. The van der Waals surface area contributed by atoms with Gasteiger partial charge in [-0.1, -0.05) is 43.4 Å². The molecule has 0 spiro atoms. The van der Waals surface area contributed by atoms with Crippen LogP contribution in [-0.4, -0.2) is 70.1 Å². The van der Waals surface area contributed by atoms with Crippen LogP contribution in [0.2, 0.25) is 0 Å². The maximum absolute atomic E-state index is 12.8. The smallest absolute Gasteiger partial charge is 0.410 e. The number of ether oxygens (including phenoxy) is 1. The Balaban J connectivity index is 1.61. The maximum Gasteiger partial charge on any atom is 0.410 e. The zero-order valence-corrected chi connectivity index (χ0v) is 21.6. The van der Waals surface area contributed by atoms with Gasteiger partial charge in [-0.3, -0.25) is 0 Å². The Morgan fingerprint density at radius 3 is 2.73 bits per heavy atom. The summed E-state index contributed by atoms with van der Waals surface area (Å²) in [7, 11) is 0.